The molecule has 3 heterocycles. The van der Waals surface area contributed by atoms with Crippen LogP contribution in [0.3, 0.4) is 0 Å². The van der Waals surface area contributed by atoms with Crippen LogP contribution in [0.1, 0.15) is 119 Å². The lowest BCUT2D eigenvalue weighted by molar-refractivity contribution is -0.242. The summed E-state index contributed by atoms with van der Waals surface area (Å²) < 4.78 is 19.6. The van der Waals surface area contributed by atoms with Crippen molar-refractivity contribution in [1.29, 1.82) is 0 Å². The average molecular weight is 698 g/mol. The van der Waals surface area contributed by atoms with Crippen LogP contribution in [0.5, 0.6) is 0 Å². The van der Waals surface area contributed by atoms with Crippen LogP contribution in [-0.2, 0) is 19.0 Å². The molecular weight excluding hydrogens is 632 g/mol. The normalized spacial score (nSPS) is 47.4. The summed E-state index contributed by atoms with van der Waals surface area (Å²) in [6, 6.07) is 0. The second kappa shape index (κ2) is 12.1. The van der Waals surface area contributed by atoms with Gasteiger partial charge in [0.25, 0.3) is 0 Å². The maximum Gasteiger partial charge on any atom is 0.223 e. The first-order chi connectivity index (χ1) is 23.5. The zero-order chi connectivity index (χ0) is 35.6. The van der Waals surface area contributed by atoms with E-state index in [0.717, 1.165) is 64.1 Å². The van der Waals surface area contributed by atoms with Crippen LogP contribution in [0.25, 0.3) is 0 Å². The van der Waals surface area contributed by atoms with E-state index in [1.807, 2.05) is 4.90 Å². The van der Waals surface area contributed by atoms with E-state index in [9.17, 15) is 20.1 Å². The van der Waals surface area contributed by atoms with E-state index in [1.165, 1.54) is 12.8 Å². The lowest BCUT2D eigenvalue weighted by Crippen LogP contribution is -2.59. The number of amides is 1. The quantitative estimate of drug-likeness (QED) is 0.300. The maximum atomic E-state index is 13.3. The Balaban J connectivity index is 0.974. The van der Waals surface area contributed by atoms with Crippen molar-refractivity contribution in [3.8, 4) is 0 Å². The Morgan fingerprint density at radius 1 is 1.10 bits per heavy atom. The predicted octanol–water partition coefficient (Wildman–Crippen LogP) is 5.18. The van der Waals surface area contributed by atoms with Crippen molar-refractivity contribution in [2.45, 2.75) is 149 Å². The van der Waals surface area contributed by atoms with Gasteiger partial charge in [-0.15, -0.1) is 0 Å². The number of aliphatic hydroxyl groups excluding tert-OH is 2. The summed E-state index contributed by atoms with van der Waals surface area (Å²) in [5.74, 6) is 3.15. The van der Waals surface area contributed by atoms with Gasteiger partial charge in [-0.25, -0.2) is 0 Å². The fraction of sp³-hybridized carbons (Fsp3) is 0.902. The number of hydrogen-bond donors (Lipinski definition) is 4. The minimum Gasteiger partial charge on any atom is -0.389 e. The number of rotatable bonds is 6. The Kier molecular flexibility index (Phi) is 8.75. The number of ether oxygens (including phenoxy) is 3. The Hall–Kier alpha value is -0.810. The number of fused-ring (bicyclic) bond motifs is 4. The van der Waals surface area contributed by atoms with Crippen molar-refractivity contribution < 1.29 is 34.3 Å². The summed E-state index contributed by atoms with van der Waals surface area (Å²) >= 11 is 0. The van der Waals surface area contributed by atoms with Crippen LogP contribution >= 0.6 is 0 Å². The molecule has 8 rings (SSSR count). The fourth-order valence-corrected chi connectivity index (χ4v) is 13.8. The molecule has 1 unspecified atom stereocenters. The highest BCUT2D eigenvalue weighted by molar-refractivity contribution is 5.76. The van der Waals surface area contributed by atoms with E-state index in [2.05, 4.69) is 39.9 Å². The summed E-state index contributed by atoms with van der Waals surface area (Å²) in [6.07, 6.45) is 10.1. The molecule has 281 valence electrons. The molecule has 2 spiro atoms. The third-order valence-electron chi connectivity index (χ3n) is 16.6. The summed E-state index contributed by atoms with van der Waals surface area (Å²) in [5, 5.41) is 37.4. The number of carbonyl (C=O) groups excluding carboxylic acids is 1. The van der Waals surface area contributed by atoms with E-state index in [4.69, 9.17) is 14.2 Å². The van der Waals surface area contributed by atoms with E-state index < -0.39 is 23.2 Å². The molecule has 3 radical (unpaired) electrons. The van der Waals surface area contributed by atoms with Crippen LogP contribution < -0.4 is 5.32 Å². The average Bonchev–Trinajstić information content (AvgIpc) is 3.70. The first-order valence-electron chi connectivity index (χ1n) is 20.1. The molecule has 9 nitrogen and oxygen atoms in total. The first-order valence-corrected chi connectivity index (χ1v) is 20.1. The van der Waals surface area contributed by atoms with Crippen LogP contribution in [-0.4, -0.2) is 89.1 Å². The monoisotopic (exact) mass is 697 g/mol. The third kappa shape index (κ3) is 5.05. The topological polar surface area (TPSA) is 121 Å². The first kappa shape index (κ1) is 36.2. The molecule has 3 saturated heterocycles. The molecule has 3 aliphatic heterocycles. The second-order valence-electron chi connectivity index (χ2n) is 19.7. The van der Waals surface area contributed by atoms with Gasteiger partial charge in [-0.3, -0.25) is 4.79 Å². The highest BCUT2D eigenvalue weighted by Gasteiger charge is 2.85. The highest BCUT2D eigenvalue weighted by atomic mass is 16.7. The molecule has 5 saturated carbocycles. The van der Waals surface area contributed by atoms with Gasteiger partial charge < -0.3 is 39.7 Å². The summed E-state index contributed by atoms with van der Waals surface area (Å²) in [6.45, 7) is 18.8. The van der Waals surface area contributed by atoms with Gasteiger partial charge in [-0.05, 0) is 136 Å². The van der Waals surface area contributed by atoms with Crippen LogP contribution in [0.15, 0.2) is 0 Å². The molecule has 0 aromatic rings. The van der Waals surface area contributed by atoms with Gasteiger partial charge >= 0.3 is 0 Å². The highest BCUT2D eigenvalue weighted by Crippen LogP contribution is 2.90. The number of morpholine rings is 1. The summed E-state index contributed by atoms with van der Waals surface area (Å²) in [5.41, 5.74) is -1.51. The largest absolute Gasteiger partial charge is 0.389 e. The zero-order valence-electron chi connectivity index (χ0n) is 31.9. The molecular formula is C41H65N2O7. The molecule has 1 amide bonds. The van der Waals surface area contributed by atoms with E-state index in [0.29, 0.717) is 50.5 Å². The molecule has 9 heteroatoms. The molecule has 5 aliphatic carbocycles. The Bertz CT molecular complexity index is 1310. The molecule has 0 aromatic carbocycles. The standard InChI is InChI=1S/C41H65N2O7/c1-24-20-26(34(45)37(4,5)47)49-33-32(24)38(6)14-15-41-23-40(41)13-10-29(36(2,3)27(40)8-9-28(41)39(38,7)35(33)46)50-31-22-43(18-19-48-31)30(44)21-25-11-16-42-17-12-25/h24-25,27,29,31-32,34-35,42,45-47H,8-23H2,1-7H3/t24-,27+,29?,31+,32+,34+,35+,38-,39-,40-,41+/m1/s1. The molecule has 0 aromatic heterocycles. The predicted molar refractivity (Wildman–Crippen MR) is 188 cm³/mol. The van der Waals surface area contributed by atoms with Crippen LogP contribution in [0.2, 0.25) is 0 Å². The van der Waals surface area contributed by atoms with Crippen molar-refractivity contribution >= 4 is 5.91 Å². The van der Waals surface area contributed by atoms with E-state index >= 15 is 0 Å². The van der Waals surface area contributed by atoms with Crippen LogP contribution in [0.4, 0.5) is 0 Å². The number of hydrogen-bond acceptors (Lipinski definition) is 8. The SMILES string of the molecule is C[C@@H]1C[C]([C@H](O)C(C)(C)O)O[C]2[C@H]1[C@@]1(C)CC[C@@]34C[C@@]35CCC(O[C@H]3CN(C(=O)CC6CCNCC6)CCO3)C(C)(C)[C@@H]5CC[C]4[C@]1(C)[C@H]2O. The van der Waals surface area contributed by atoms with Crippen molar-refractivity contribution in [1.82, 2.24) is 10.2 Å². The van der Waals surface area contributed by atoms with Crippen LogP contribution in [0, 0.1) is 68.9 Å². The van der Waals surface area contributed by atoms with Gasteiger partial charge in [0, 0.05) is 24.3 Å². The van der Waals surface area contributed by atoms with Gasteiger partial charge in [-0.2, -0.15) is 0 Å². The molecule has 8 aliphatic rings. The van der Waals surface area contributed by atoms with Gasteiger partial charge in [0.2, 0.25) is 5.91 Å². The Morgan fingerprint density at radius 3 is 2.56 bits per heavy atom. The number of carbonyl (C=O) groups is 1. The van der Waals surface area contributed by atoms with Gasteiger partial charge in [0.05, 0.1) is 31.0 Å². The van der Waals surface area contributed by atoms with Gasteiger partial charge in [-0.1, -0.05) is 34.6 Å². The lowest BCUT2D eigenvalue weighted by atomic mass is 9.41. The number of piperidine rings is 1. The molecule has 0 bridgehead atoms. The molecule has 8 fully saturated rings. The minimum atomic E-state index is -1.31. The van der Waals surface area contributed by atoms with E-state index in [1.54, 1.807) is 19.8 Å². The lowest BCUT2D eigenvalue weighted by Gasteiger charge is -2.63. The Labute approximate surface area is 300 Å². The number of nitrogens with zero attached hydrogens (tertiary/aromatic N) is 1. The second-order valence-corrected chi connectivity index (χ2v) is 19.7. The number of aliphatic hydroxyl groups is 3. The number of nitrogens with one attached hydrogen (secondary N) is 1. The van der Waals surface area contributed by atoms with Crippen molar-refractivity contribution in [2.75, 3.05) is 32.8 Å². The smallest absolute Gasteiger partial charge is 0.223 e. The summed E-state index contributed by atoms with van der Waals surface area (Å²) in [7, 11) is 0. The zero-order valence-corrected chi connectivity index (χ0v) is 31.9. The van der Waals surface area contributed by atoms with Crippen molar-refractivity contribution in [3.63, 3.8) is 0 Å². The van der Waals surface area contributed by atoms with E-state index in [-0.39, 0.29) is 51.8 Å². The molecule has 4 N–H and O–H groups in total. The van der Waals surface area contributed by atoms with Gasteiger partial charge in [0.1, 0.15) is 18.3 Å². The Morgan fingerprint density at radius 2 is 1.84 bits per heavy atom. The molecule has 11 atom stereocenters. The van der Waals surface area contributed by atoms with Crippen molar-refractivity contribution in [3.05, 3.63) is 18.1 Å². The fourth-order valence-electron chi connectivity index (χ4n) is 13.8. The third-order valence-corrected chi connectivity index (χ3v) is 16.6. The van der Waals surface area contributed by atoms with Crippen molar-refractivity contribution in [2.24, 2.45) is 50.7 Å². The molecule has 50 heavy (non-hydrogen) atoms. The maximum absolute atomic E-state index is 13.3. The van der Waals surface area contributed by atoms with Gasteiger partial charge in [0.15, 0.2) is 6.29 Å². The summed E-state index contributed by atoms with van der Waals surface area (Å²) in [4.78, 5) is 15.3. The minimum absolute atomic E-state index is 0.0363.